The minimum Gasteiger partial charge on any atom is -0.508 e. The molecule has 1 aromatic carbocycles. The summed E-state index contributed by atoms with van der Waals surface area (Å²) in [4.78, 5) is 0. The van der Waals surface area contributed by atoms with E-state index in [2.05, 4.69) is 18.3 Å². The Hall–Kier alpha value is -1.02. The summed E-state index contributed by atoms with van der Waals surface area (Å²) < 4.78 is 0. The van der Waals surface area contributed by atoms with Gasteiger partial charge in [0.1, 0.15) is 5.75 Å². The maximum absolute atomic E-state index is 9.45. The van der Waals surface area contributed by atoms with Crippen LogP contribution >= 0.6 is 0 Å². The van der Waals surface area contributed by atoms with Crippen LogP contribution in [0.1, 0.15) is 57.1 Å². The zero-order valence-electron chi connectivity index (χ0n) is 11.4. The molecule has 2 rings (SSSR count). The van der Waals surface area contributed by atoms with Crippen LogP contribution in [0.4, 0.5) is 0 Å². The van der Waals surface area contributed by atoms with Crippen molar-refractivity contribution in [2.24, 2.45) is 5.92 Å². The lowest BCUT2D eigenvalue weighted by Crippen LogP contribution is -2.20. The van der Waals surface area contributed by atoms with Crippen LogP contribution in [0.5, 0.6) is 5.75 Å². The van der Waals surface area contributed by atoms with E-state index in [0.717, 1.165) is 18.0 Å². The monoisotopic (exact) mass is 247 g/mol. The van der Waals surface area contributed by atoms with Crippen molar-refractivity contribution in [3.63, 3.8) is 0 Å². The van der Waals surface area contributed by atoms with Gasteiger partial charge in [0.2, 0.25) is 0 Å². The highest BCUT2D eigenvalue weighted by Gasteiger charge is 2.14. The number of aromatic hydroxyl groups is 1. The van der Waals surface area contributed by atoms with Gasteiger partial charge in [-0.05, 0) is 49.9 Å². The SMILES string of the molecule is CC(NCCCC1CCCC1)c1cccc(O)c1. The summed E-state index contributed by atoms with van der Waals surface area (Å²) >= 11 is 0. The standard InChI is InChI=1S/C16H25NO/c1-13(15-9-4-10-16(18)12-15)17-11-5-8-14-6-2-3-7-14/h4,9-10,12-14,17-18H,2-3,5-8,11H2,1H3. The quantitative estimate of drug-likeness (QED) is 0.744. The van der Waals surface area contributed by atoms with Gasteiger partial charge in [-0.25, -0.2) is 0 Å². The summed E-state index contributed by atoms with van der Waals surface area (Å²) in [7, 11) is 0. The molecule has 0 bridgehead atoms. The van der Waals surface area contributed by atoms with Gasteiger partial charge in [0, 0.05) is 6.04 Å². The van der Waals surface area contributed by atoms with E-state index in [-0.39, 0.29) is 0 Å². The van der Waals surface area contributed by atoms with E-state index < -0.39 is 0 Å². The fourth-order valence-electron chi connectivity index (χ4n) is 2.92. The minimum atomic E-state index is 0.320. The van der Waals surface area contributed by atoms with Crippen molar-refractivity contribution in [2.45, 2.75) is 51.5 Å². The Kier molecular flexibility index (Phi) is 5.06. The second kappa shape index (κ2) is 6.79. The van der Waals surface area contributed by atoms with E-state index in [9.17, 15) is 5.11 Å². The molecule has 1 fully saturated rings. The second-order valence-electron chi connectivity index (χ2n) is 5.56. The maximum Gasteiger partial charge on any atom is 0.115 e. The van der Waals surface area contributed by atoms with Gasteiger partial charge >= 0.3 is 0 Å². The molecule has 0 aromatic heterocycles. The van der Waals surface area contributed by atoms with Crippen molar-refractivity contribution < 1.29 is 5.11 Å². The number of phenolic OH excluding ortho intramolecular Hbond substituents is 1. The van der Waals surface area contributed by atoms with E-state index in [0.29, 0.717) is 11.8 Å². The smallest absolute Gasteiger partial charge is 0.115 e. The lowest BCUT2D eigenvalue weighted by molar-refractivity contribution is 0.453. The lowest BCUT2D eigenvalue weighted by Gasteiger charge is -2.15. The largest absolute Gasteiger partial charge is 0.508 e. The number of nitrogens with one attached hydrogen (secondary N) is 1. The third-order valence-electron chi connectivity index (χ3n) is 4.08. The third-order valence-corrected chi connectivity index (χ3v) is 4.08. The van der Waals surface area contributed by atoms with Gasteiger partial charge in [0.25, 0.3) is 0 Å². The molecule has 18 heavy (non-hydrogen) atoms. The molecule has 1 aliphatic rings. The number of benzene rings is 1. The first-order valence-electron chi connectivity index (χ1n) is 7.28. The van der Waals surface area contributed by atoms with E-state index >= 15 is 0 Å². The Morgan fingerprint density at radius 3 is 2.83 bits per heavy atom. The van der Waals surface area contributed by atoms with E-state index in [1.54, 1.807) is 6.07 Å². The van der Waals surface area contributed by atoms with Gasteiger partial charge in [0.05, 0.1) is 0 Å². The number of hydrogen-bond donors (Lipinski definition) is 2. The lowest BCUT2D eigenvalue weighted by atomic mass is 10.0. The Bertz CT molecular complexity index is 358. The van der Waals surface area contributed by atoms with Crippen molar-refractivity contribution in [3.8, 4) is 5.75 Å². The molecule has 0 saturated heterocycles. The first kappa shape index (κ1) is 13.4. The van der Waals surface area contributed by atoms with Crippen LogP contribution in [0.3, 0.4) is 0 Å². The van der Waals surface area contributed by atoms with Gasteiger partial charge in [-0.1, -0.05) is 37.8 Å². The Balaban J connectivity index is 1.66. The van der Waals surface area contributed by atoms with E-state index in [1.165, 1.54) is 38.5 Å². The molecular weight excluding hydrogens is 222 g/mol. The van der Waals surface area contributed by atoms with Gasteiger partial charge in [-0.3, -0.25) is 0 Å². The zero-order valence-corrected chi connectivity index (χ0v) is 11.4. The molecule has 0 radical (unpaired) electrons. The summed E-state index contributed by atoms with van der Waals surface area (Å²) in [6.45, 7) is 3.23. The van der Waals surface area contributed by atoms with Crippen LogP contribution < -0.4 is 5.32 Å². The minimum absolute atomic E-state index is 0.320. The molecule has 1 aliphatic carbocycles. The van der Waals surface area contributed by atoms with E-state index in [1.807, 2.05) is 12.1 Å². The molecular formula is C16H25NO. The molecule has 1 atom stereocenters. The number of rotatable bonds is 6. The summed E-state index contributed by atoms with van der Waals surface area (Å²) in [6.07, 6.45) is 8.42. The van der Waals surface area contributed by atoms with Crippen LogP contribution in [0.25, 0.3) is 0 Å². The summed E-state index contributed by atoms with van der Waals surface area (Å²) in [5.41, 5.74) is 1.16. The Morgan fingerprint density at radius 2 is 2.11 bits per heavy atom. The average Bonchev–Trinajstić information content (AvgIpc) is 2.87. The summed E-state index contributed by atoms with van der Waals surface area (Å²) in [5.74, 6) is 1.34. The Labute approximate surface area is 110 Å². The van der Waals surface area contributed by atoms with Crippen LogP contribution in [-0.2, 0) is 0 Å². The fourth-order valence-corrected chi connectivity index (χ4v) is 2.92. The average molecular weight is 247 g/mol. The predicted octanol–water partition coefficient (Wildman–Crippen LogP) is 4.01. The molecule has 1 saturated carbocycles. The maximum atomic E-state index is 9.45. The summed E-state index contributed by atoms with van der Waals surface area (Å²) in [6, 6.07) is 7.85. The van der Waals surface area contributed by atoms with E-state index in [4.69, 9.17) is 0 Å². The van der Waals surface area contributed by atoms with Crippen LogP contribution in [0.2, 0.25) is 0 Å². The molecule has 100 valence electrons. The molecule has 0 amide bonds. The highest BCUT2D eigenvalue weighted by atomic mass is 16.3. The third kappa shape index (κ3) is 4.02. The molecule has 1 unspecified atom stereocenters. The topological polar surface area (TPSA) is 32.3 Å². The molecule has 2 heteroatoms. The van der Waals surface area contributed by atoms with Crippen molar-refractivity contribution in [2.75, 3.05) is 6.54 Å². The van der Waals surface area contributed by atoms with Crippen molar-refractivity contribution in [1.29, 1.82) is 0 Å². The first-order valence-corrected chi connectivity index (χ1v) is 7.28. The highest BCUT2D eigenvalue weighted by Crippen LogP contribution is 2.28. The molecule has 2 nitrogen and oxygen atoms in total. The van der Waals surface area contributed by atoms with Gasteiger partial charge in [0.15, 0.2) is 0 Å². The zero-order chi connectivity index (χ0) is 12.8. The van der Waals surface area contributed by atoms with Gasteiger partial charge in [-0.2, -0.15) is 0 Å². The predicted molar refractivity (Wildman–Crippen MR) is 75.7 cm³/mol. The number of phenols is 1. The summed E-state index contributed by atoms with van der Waals surface area (Å²) in [5, 5.41) is 13.0. The first-order chi connectivity index (χ1) is 8.75. The highest BCUT2D eigenvalue weighted by molar-refractivity contribution is 5.28. The Morgan fingerprint density at radius 1 is 1.33 bits per heavy atom. The van der Waals surface area contributed by atoms with Crippen molar-refractivity contribution >= 4 is 0 Å². The normalized spacial score (nSPS) is 18.1. The van der Waals surface area contributed by atoms with Gasteiger partial charge in [-0.15, -0.1) is 0 Å². The van der Waals surface area contributed by atoms with Gasteiger partial charge < -0.3 is 10.4 Å². The van der Waals surface area contributed by atoms with Crippen molar-refractivity contribution in [1.82, 2.24) is 5.32 Å². The number of hydrogen-bond acceptors (Lipinski definition) is 2. The molecule has 1 aromatic rings. The van der Waals surface area contributed by atoms with Crippen LogP contribution in [-0.4, -0.2) is 11.7 Å². The molecule has 0 spiro atoms. The van der Waals surface area contributed by atoms with Crippen molar-refractivity contribution in [3.05, 3.63) is 29.8 Å². The molecule has 2 N–H and O–H groups in total. The van der Waals surface area contributed by atoms with Crippen LogP contribution in [0.15, 0.2) is 24.3 Å². The second-order valence-corrected chi connectivity index (χ2v) is 5.56. The fraction of sp³-hybridized carbons (Fsp3) is 0.625. The van der Waals surface area contributed by atoms with Crippen LogP contribution in [0, 0.1) is 5.92 Å². The molecule has 0 heterocycles. The molecule has 0 aliphatic heterocycles.